The lowest BCUT2D eigenvalue weighted by Gasteiger charge is -2.36. The average molecular weight is 226 g/mol. The molecule has 2 fully saturated rings. The second kappa shape index (κ2) is 5.64. The summed E-state index contributed by atoms with van der Waals surface area (Å²) in [5, 5.41) is 3.32. The van der Waals surface area contributed by atoms with E-state index < -0.39 is 0 Å². The zero-order valence-electron chi connectivity index (χ0n) is 10.1. The molecular weight excluding hydrogens is 204 g/mol. The highest BCUT2D eigenvalue weighted by Crippen LogP contribution is 2.31. The molecule has 1 saturated heterocycles. The third kappa shape index (κ3) is 2.55. The van der Waals surface area contributed by atoms with Crippen LogP contribution in [0.3, 0.4) is 0 Å². The quantitative estimate of drug-likeness (QED) is 0.716. The lowest BCUT2D eigenvalue weighted by Crippen LogP contribution is -2.54. The molecule has 0 spiro atoms. The number of methoxy groups -OCH3 is 1. The van der Waals surface area contributed by atoms with E-state index in [0.717, 1.165) is 26.2 Å². The zero-order chi connectivity index (χ0) is 11.4. The summed E-state index contributed by atoms with van der Waals surface area (Å²) in [6.07, 6.45) is 4.90. The Kier molecular flexibility index (Phi) is 4.18. The van der Waals surface area contributed by atoms with Gasteiger partial charge in [0.2, 0.25) is 0 Å². The van der Waals surface area contributed by atoms with Crippen molar-refractivity contribution in [3.05, 3.63) is 0 Å². The molecule has 92 valence electrons. The molecule has 0 aromatic heterocycles. The van der Waals surface area contributed by atoms with Gasteiger partial charge in [-0.2, -0.15) is 0 Å². The lowest BCUT2D eigenvalue weighted by atomic mass is 9.96. The van der Waals surface area contributed by atoms with Crippen LogP contribution in [-0.2, 0) is 9.53 Å². The van der Waals surface area contributed by atoms with Crippen molar-refractivity contribution in [3.63, 3.8) is 0 Å². The predicted molar refractivity (Wildman–Crippen MR) is 62.2 cm³/mol. The summed E-state index contributed by atoms with van der Waals surface area (Å²) in [6, 6.07) is 0.00889. The molecule has 1 aliphatic heterocycles. The van der Waals surface area contributed by atoms with Crippen LogP contribution < -0.4 is 5.32 Å². The number of nitrogens with zero attached hydrogens (tertiary/aromatic N) is 1. The molecule has 2 aliphatic rings. The molecule has 0 aromatic rings. The molecule has 1 saturated carbocycles. The fourth-order valence-electron chi connectivity index (χ4n) is 2.99. The Labute approximate surface area is 97.3 Å². The summed E-state index contributed by atoms with van der Waals surface area (Å²) in [6.45, 7) is 3.91. The van der Waals surface area contributed by atoms with Crippen LogP contribution in [0.15, 0.2) is 0 Å². The maximum absolute atomic E-state index is 11.9. The van der Waals surface area contributed by atoms with Gasteiger partial charge in [0.15, 0.2) is 0 Å². The number of ether oxygens (including phenoxy) is 1. The minimum Gasteiger partial charge on any atom is -0.468 e. The maximum Gasteiger partial charge on any atom is 0.323 e. The van der Waals surface area contributed by atoms with Gasteiger partial charge in [-0.05, 0) is 18.8 Å². The number of piperazine rings is 1. The van der Waals surface area contributed by atoms with Crippen molar-refractivity contribution < 1.29 is 9.53 Å². The fourth-order valence-corrected chi connectivity index (χ4v) is 2.99. The number of hydrogen-bond acceptors (Lipinski definition) is 4. The minimum atomic E-state index is -0.0335. The smallest absolute Gasteiger partial charge is 0.323 e. The van der Waals surface area contributed by atoms with Gasteiger partial charge < -0.3 is 10.1 Å². The average Bonchev–Trinajstić information content (AvgIpc) is 2.84. The Morgan fingerprint density at radius 2 is 1.94 bits per heavy atom. The summed E-state index contributed by atoms with van der Waals surface area (Å²) < 4.78 is 4.98. The van der Waals surface area contributed by atoms with Gasteiger partial charge in [-0.15, -0.1) is 0 Å². The van der Waals surface area contributed by atoms with Crippen LogP contribution in [0.5, 0.6) is 0 Å². The van der Waals surface area contributed by atoms with Gasteiger partial charge in [-0.1, -0.05) is 12.8 Å². The van der Waals surface area contributed by atoms with Gasteiger partial charge in [-0.25, -0.2) is 0 Å². The van der Waals surface area contributed by atoms with Gasteiger partial charge in [0.25, 0.3) is 0 Å². The maximum atomic E-state index is 11.9. The molecule has 1 unspecified atom stereocenters. The van der Waals surface area contributed by atoms with E-state index in [4.69, 9.17) is 4.74 Å². The van der Waals surface area contributed by atoms with Gasteiger partial charge >= 0.3 is 5.97 Å². The van der Waals surface area contributed by atoms with Gasteiger partial charge in [0, 0.05) is 26.2 Å². The highest BCUT2D eigenvalue weighted by molar-refractivity contribution is 5.76. The van der Waals surface area contributed by atoms with Crippen molar-refractivity contribution in [1.29, 1.82) is 0 Å². The van der Waals surface area contributed by atoms with Crippen molar-refractivity contribution in [2.45, 2.75) is 31.7 Å². The lowest BCUT2D eigenvalue weighted by molar-refractivity contribution is -0.149. The summed E-state index contributed by atoms with van der Waals surface area (Å²) >= 11 is 0. The second-order valence-electron chi connectivity index (χ2n) is 4.80. The first-order valence-corrected chi connectivity index (χ1v) is 6.35. The van der Waals surface area contributed by atoms with E-state index in [9.17, 15) is 4.79 Å². The summed E-state index contributed by atoms with van der Waals surface area (Å²) in [5.74, 6) is 0.486. The van der Waals surface area contributed by atoms with E-state index >= 15 is 0 Å². The van der Waals surface area contributed by atoms with E-state index in [1.54, 1.807) is 0 Å². The first-order chi connectivity index (χ1) is 7.83. The third-order valence-corrected chi connectivity index (χ3v) is 3.83. The fraction of sp³-hybridized carbons (Fsp3) is 0.917. The Morgan fingerprint density at radius 3 is 2.50 bits per heavy atom. The number of nitrogens with one attached hydrogen (secondary N) is 1. The monoisotopic (exact) mass is 226 g/mol. The minimum absolute atomic E-state index is 0.00889. The molecule has 4 heteroatoms. The molecule has 16 heavy (non-hydrogen) atoms. The molecule has 4 nitrogen and oxygen atoms in total. The van der Waals surface area contributed by atoms with E-state index in [1.807, 2.05) is 0 Å². The molecule has 0 aromatic carbocycles. The topological polar surface area (TPSA) is 41.6 Å². The standard InChI is InChI=1S/C12H22N2O2/c1-16-12(15)11(10-4-2-3-5-10)14-8-6-13-7-9-14/h10-11,13H,2-9H2,1H3. The summed E-state index contributed by atoms with van der Waals surface area (Å²) in [5.41, 5.74) is 0. The number of rotatable bonds is 3. The van der Waals surface area contributed by atoms with Crippen LogP contribution in [0.4, 0.5) is 0 Å². The molecule has 0 radical (unpaired) electrons. The Morgan fingerprint density at radius 1 is 1.31 bits per heavy atom. The highest BCUT2D eigenvalue weighted by Gasteiger charge is 2.36. The molecular formula is C12H22N2O2. The first-order valence-electron chi connectivity index (χ1n) is 6.35. The predicted octanol–water partition coefficient (Wildman–Crippen LogP) is 0.623. The normalized spacial score (nSPS) is 25.6. The Bertz CT molecular complexity index is 233. The van der Waals surface area contributed by atoms with Gasteiger partial charge in [0.05, 0.1) is 7.11 Å². The number of carbonyl (C=O) groups excluding carboxylic acids is 1. The van der Waals surface area contributed by atoms with Crippen LogP contribution in [0.1, 0.15) is 25.7 Å². The van der Waals surface area contributed by atoms with Crippen molar-refractivity contribution in [3.8, 4) is 0 Å². The Hall–Kier alpha value is -0.610. The van der Waals surface area contributed by atoms with Gasteiger partial charge in [0.1, 0.15) is 6.04 Å². The Balaban J connectivity index is 2.03. The highest BCUT2D eigenvalue weighted by atomic mass is 16.5. The largest absolute Gasteiger partial charge is 0.468 e. The zero-order valence-corrected chi connectivity index (χ0v) is 10.1. The molecule has 2 rings (SSSR count). The van der Waals surface area contributed by atoms with Crippen LogP contribution in [0.25, 0.3) is 0 Å². The van der Waals surface area contributed by atoms with Crippen LogP contribution >= 0.6 is 0 Å². The van der Waals surface area contributed by atoms with E-state index in [1.165, 1.54) is 32.8 Å². The number of carbonyl (C=O) groups is 1. The molecule has 1 heterocycles. The molecule has 0 amide bonds. The van der Waals surface area contributed by atoms with Crippen molar-refractivity contribution in [2.24, 2.45) is 5.92 Å². The second-order valence-corrected chi connectivity index (χ2v) is 4.80. The van der Waals surface area contributed by atoms with Crippen molar-refractivity contribution in [1.82, 2.24) is 10.2 Å². The van der Waals surface area contributed by atoms with E-state index in [2.05, 4.69) is 10.2 Å². The molecule has 0 bridgehead atoms. The number of hydrogen-bond donors (Lipinski definition) is 1. The molecule has 1 N–H and O–H groups in total. The van der Waals surface area contributed by atoms with Gasteiger partial charge in [-0.3, -0.25) is 9.69 Å². The van der Waals surface area contributed by atoms with Crippen LogP contribution in [0.2, 0.25) is 0 Å². The number of esters is 1. The molecule has 1 atom stereocenters. The van der Waals surface area contributed by atoms with E-state index in [-0.39, 0.29) is 12.0 Å². The summed E-state index contributed by atoms with van der Waals surface area (Å²) in [7, 11) is 1.51. The van der Waals surface area contributed by atoms with Crippen molar-refractivity contribution >= 4 is 5.97 Å². The van der Waals surface area contributed by atoms with Crippen molar-refractivity contribution in [2.75, 3.05) is 33.3 Å². The SMILES string of the molecule is COC(=O)C(C1CCCC1)N1CCNCC1. The van der Waals surface area contributed by atoms with Crippen LogP contribution in [0, 0.1) is 5.92 Å². The van der Waals surface area contributed by atoms with E-state index in [0.29, 0.717) is 5.92 Å². The first kappa shape index (κ1) is 11.9. The third-order valence-electron chi connectivity index (χ3n) is 3.83. The molecule has 1 aliphatic carbocycles. The summed E-state index contributed by atoms with van der Waals surface area (Å²) in [4.78, 5) is 14.2. The van der Waals surface area contributed by atoms with Crippen LogP contribution in [-0.4, -0.2) is 50.2 Å².